The largest absolute Gasteiger partial charge is 0.455 e. The lowest BCUT2D eigenvalue weighted by atomic mass is 9.99. The molecule has 1 atom stereocenters. The predicted molar refractivity (Wildman–Crippen MR) is 113 cm³/mol. The van der Waals surface area contributed by atoms with Gasteiger partial charge in [-0.2, -0.15) is 10.2 Å². The molecule has 4 rings (SSSR count). The van der Waals surface area contributed by atoms with E-state index in [0.29, 0.717) is 34.5 Å². The first-order valence-electron chi connectivity index (χ1n) is 9.35. The van der Waals surface area contributed by atoms with E-state index in [1.807, 2.05) is 12.1 Å². The summed E-state index contributed by atoms with van der Waals surface area (Å²) >= 11 is 6.05. The lowest BCUT2D eigenvalue weighted by molar-refractivity contribution is 0.0623. The minimum Gasteiger partial charge on any atom is -0.455 e. The van der Waals surface area contributed by atoms with Crippen LogP contribution in [0.25, 0.3) is 0 Å². The smallest absolute Gasteiger partial charge is 0.160 e. The van der Waals surface area contributed by atoms with Crippen molar-refractivity contribution in [3.8, 4) is 11.5 Å². The Hall–Kier alpha value is -2.96. The number of benzene rings is 2. The number of aromatic nitrogens is 2. The molecule has 1 aliphatic heterocycles. The normalized spacial score (nSPS) is 16.1. The molecule has 2 aromatic carbocycles. The Labute approximate surface area is 174 Å². The summed E-state index contributed by atoms with van der Waals surface area (Å²) in [6.45, 7) is 4.71. The number of halogens is 1. The van der Waals surface area contributed by atoms with E-state index in [0.717, 1.165) is 6.42 Å². The molecule has 7 heteroatoms. The summed E-state index contributed by atoms with van der Waals surface area (Å²) in [5.41, 5.74) is 7.33. The summed E-state index contributed by atoms with van der Waals surface area (Å²) < 4.78 is 5.97. The third kappa shape index (κ3) is 4.72. The zero-order chi connectivity index (χ0) is 20.2. The molecular formula is C22H21ClN4O2. The molecule has 1 aliphatic rings. The van der Waals surface area contributed by atoms with Gasteiger partial charge in [0.1, 0.15) is 5.75 Å². The predicted octanol–water partition coefficient (Wildman–Crippen LogP) is 4.43. The highest BCUT2D eigenvalue weighted by Crippen LogP contribution is 2.27. The number of ether oxygens (including phenoxy) is 1. The molecule has 29 heavy (non-hydrogen) atoms. The topological polar surface area (TPSA) is 68.6 Å². The Morgan fingerprint density at radius 2 is 2.00 bits per heavy atom. The number of hydroxylamine groups is 1. The number of rotatable bonds is 5. The van der Waals surface area contributed by atoms with E-state index >= 15 is 0 Å². The van der Waals surface area contributed by atoms with E-state index < -0.39 is 0 Å². The Balaban J connectivity index is 1.59. The van der Waals surface area contributed by atoms with Gasteiger partial charge >= 0.3 is 0 Å². The molecule has 0 spiro atoms. The number of nitrogens with zero attached hydrogens (tertiary/aromatic N) is 3. The maximum Gasteiger partial charge on any atom is 0.160 e. The van der Waals surface area contributed by atoms with Crippen molar-refractivity contribution in [1.29, 1.82) is 0 Å². The standard InChI is InChI=1S/C22H21ClN4O2/c1-14-6-7-16(15(2)8-14)9-18-13-28-27-22(26-18)20-11-24-25-12-21(20)29-19-5-3-4-17(23)10-19/h3-8,10-12,18H,9,13H2,1-2H3,(H,26,27). The van der Waals surface area contributed by atoms with Gasteiger partial charge in [0, 0.05) is 5.02 Å². The molecule has 0 amide bonds. The molecule has 1 N–H and O–H groups in total. The fourth-order valence-electron chi connectivity index (χ4n) is 3.24. The number of aliphatic imine (C=N–C) groups is 1. The number of amidine groups is 1. The van der Waals surface area contributed by atoms with Gasteiger partial charge in [0.05, 0.1) is 30.6 Å². The van der Waals surface area contributed by atoms with Crippen LogP contribution in [-0.4, -0.2) is 28.7 Å². The molecule has 0 saturated heterocycles. The SMILES string of the molecule is Cc1ccc(CC2CONC(c3cnncc3Oc3cccc(Cl)c3)=N2)c(C)c1. The van der Waals surface area contributed by atoms with Crippen LogP contribution in [0.3, 0.4) is 0 Å². The number of aryl methyl sites for hydroxylation is 2. The lowest BCUT2D eigenvalue weighted by Gasteiger charge is -2.23. The van der Waals surface area contributed by atoms with Crippen LogP contribution in [-0.2, 0) is 11.3 Å². The van der Waals surface area contributed by atoms with Gasteiger partial charge in [0.2, 0.25) is 0 Å². The first kappa shape index (κ1) is 19.4. The summed E-state index contributed by atoms with van der Waals surface area (Å²) in [5, 5.41) is 8.51. The van der Waals surface area contributed by atoms with E-state index in [4.69, 9.17) is 26.2 Å². The molecule has 0 saturated carbocycles. The molecule has 3 aromatic rings. The van der Waals surface area contributed by atoms with Crippen molar-refractivity contribution in [2.24, 2.45) is 4.99 Å². The molecule has 1 aromatic heterocycles. The van der Waals surface area contributed by atoms with Gasteiger partial charge in [-0.1, -0.05) is 41.4 Å². The van der Waals surface area contributed by atoms with Crippen LogP contribution in [0.4, 0.5) is 0 Å². The molecule has 2 heterocycles. The van der Waals surface area contributed by atoms with Crippen LogP contribution < -0.4 is 10.2 Å². The number of nitrogens with one attached hydrogen (secondary N) is 1. The van der Waals surface area contributed by atoms with Crippen LogP contribution in [0.2, 0.25) is 5.02 Å². The second kappa shape index (κ2) is 8.59. The second-order valence-electron chi connectivity index (χ2n) is 7.01. The molecule has 0 radical (unpaired) electrons. The van der Waals surface area contributed by atoms with Crippen molar-refractivity contribution in [3.05, 3.63) is 82.1 Å². The van der Waals surface area contributed by atoms with Crippen LogP contribution in [0.5, 0.6) is 11.5 Å². The molecule has 1 unspecified atom stereocenters. The van der Waals surface area contributed by atoms with Gasteiger partial charge in [-0.05, 0) is 49.6 Å². The first-order chi connectivity index (χ1) is 14.1. The Morgan fingerprint density at radius 1 is 1.14 bits per heavy atom. The molecule has 0 fully saturated rings. The Bertz CT molecular complexity index is 1050. The van der Waals surface area contributed by atoms with Crippen molar-refractivity contribution in [2.45, 2.75) is 26.3 Å². The maximum atomic E-state index is 6.05. The fourth-order valence-corrected chi connectivity index (χ4v) is 3.42. The van der Waals surface area contributed by atoms with E-state index in [9.17, 15) is 0 Å². The fraction of sp³-hybridized carbons (Fsp3) is 0.227. The highest BCUT2D eigenvalue weighted by atomic mass is 35.5. The minimum absolute atomic E-state index is 0.0140. The second-order valence-corrected chi connectivity index (χ2v) is 7.44. The molecule has 148 valence electrons. The van der Waals surface area contributed by atoms with Gasteiger partial charge in [-0.3, -0.25) is 9.83 Å². The van der Waals surface area contributed by atoms with Gasteiger partial charge in [0.25, 0.3) is 0 Å². The van der Waals surface area contributed by atoms with E-state index in [1.165, 1.54) is 16.7 Å². The van der Waals surface area contributed by atoms with Crippen molar-refractivity contribution >= 4 is 17.4 Å². The third-order valence-corrected chi connectivity index (χ3v) is 4.92. The van der Waals surface area contributed by atoms with Crippen LogP contribution >= 0.6 is 11.6 Å². The molecule has 0 bridgehead atoms. The summed E-state index contributed by atoms with van der Waals surface area (Å²) in [5.74, 6) is 1.69. The van der Waals surface area contributed by atoms with Crippen LogP contribution in [0.15, 0.2) is 59.9 Å². The average Bonchev–Trinajstić information content (AvgIpc) is 2.71. The number of hydrogen-bond donors (Lipinski definition) is 1. The van der Waals surface area contributed by atoms with Crippen LogP contribution in [0, 0.1) is 13.8 Å². The molecular weight excluding hydrogens is 388 g/mol. The quantitative estimate of drug-likeness (QED) is 0.676. The molecule has 6 nitrogen and oxygen atoms in total. The van der Waals surface area contributed by atoms with Crippen molar-refractivity contribution in [3.63, 3.8) is 0 Å². The van der Waals surface area contributed by atoms with Gasteiger partial charge in [0.15, 0.2) is 11.6 Å². The van der Waals surface area contributed by atoms with E-state index in [2.05, 4.69) is 47.7 Å². The highest BCUT2D eigenvalue weighted by molar-refractivity contribution is 6.30. The van der Waals surface area contributed by atoms with Crippen molar-refractivity contribution < 1.29 is 9.57 Å². The zero-order valence-corrected chi connectivity index (χ0v) is 17.0. The van der Waals surface area contributed by atoms with Crippen molar-refractivity contribution in [2.75, 3.05) is 6.61 Å². The summed E-state index contributed by atoms with van der Waals surface area (Å²) in [7, 11) is 0. The Kier molecular flexibility index (Phi) is 5.74. The first-order valence-corrected chi connectivity index (χ1v) is 9.72. The van der Waals surface area contributed by atoms with E-state index in [-0.39, 0.29) is 6.04 Å². The summed E-state index contributed by atoms with van der Waals surface area (Å²) in [4.78, 5) is 10.4. The zero-order valence-electron chi connectivity index (χ0n) is 16.2. The summed E-state index contributed by atoms with van der Waals surface area (Å²) in [6.07, 6.45) is 3.95. The van der Waals surface area contributed by atoms with Crippen molar-refractivity contribution in [1.82, 2.24) is 15.7 Å². The average molecular weight is 409 g/mol. The van der Waals surface area contributed by atoms with Gasteiger partial charge < -0.3 is 4.74 Å². The Morgan fingerprint density at radius 3 is 2.83 bits per heavy atom. The lowest BCUT2D eigenvalue weighted by Crippen LogP contribution is -2.37. The highest BCUT2D eigenvalue weighted by Gasteiger charge is 2.21. The number of hydrogen-bond acceptors (Lipinski definition) is 6. The monoisotopic (exact) mass is 408 g/mol. The molecule has 0 aliphatic carbocycles. The van der Waals surface area contributed by atoms with Crippen LogP contribution in [0.1, 0.15) is 22.3 Å². The minimum atomic E-state index is -0.0140. The summed E-state index contributed by atoms with van der Waals surface area (Å²) in [6, 6.07) is 13.6. The van der Waals surface area contributed by atoms with Gasteiger partial charge in [-0.25, -0.2) is 5.48 Å². The third-order valence-electron chi connectivity index (χ3n) is 4.68. The van der Waals surface area contributed by atoms with E-state index in [1.54, 1.807) is 24.5 Å². The van der Waals surface area contributed by atoms with Gasteiger partial charge in [-0.15, -0.1) is 0 Å². The maximum absolute atomic E-state index is 6.05.